The minimum absolute atomic E-state index is 0.0131. The Hall–Kier alpha value is -2.67. The van der Waals surface area contributed by atoms with Gasteiger partial charge in [-0.1, -0.05) is 11.8 Å². The van der Waals surface area contributed by atoms with Gasteiger partial charge in [-0.3, -0.25) is 4.90 Å². The molecule has 4 aliphatic rings. The molecule has 1 unspecified atom stereocenters. The van der Waals surface area contributed by atoms with E-state index in [2.05, 4.69) is 15.2 Å². The van der Waals surface area contributed by atoms with Crippen LogP contribution in [0.15, 0.2) is 22.2 Å². The van der Waals surface area contributed by atoms with E-state index in [1.54, 1.807) is 11.1 Å². The van der Waals surface area contributed by atoms with Crippen molar-refractivity contribution in [3.05, 3.63) is 23.7 Å². The van der Waals surface area contributed by atoms with Crippen molar-refractivity contribution < 1.29 is 19.4 Å². The lowest BCUT2D eigenvalue weighted by atomic mass is 9.73. The fourth-order valence-corrected chi connectivity index (χ4v) is 6.59. The standard InChI is InChI=1S/C24H31N7O4S/c1-13-22(36-17-3-6-26-21-18(17)34-11-15-9-27-23(33)31(15)21)29-16(10-32)20(28-13)30-7-4-24(5-8-30)12-35-14(2)19(24)25/h3,6,14-15,19,32H,4-5,7-12,25H2,1-2H3,(H,27,33)/t14-,15?,19+/m0/s1. The van der Waals surface area contributed by atoms with Gasteiger partial charge in [0, 0.05) is 37.3 Å². The highest BCUT2D eigenvalue weighted by Crippen LogP contribution is 2.45. The Morgan fingerprint density at radius 2 is 2.11 bits per heavy atom. The summed E-state index contributed by atoms with van der Waals surface area (Å²) < 4.78 is 11.9. The van der Waals surface area contributed by atoms with Gasteiger partial charge in [0.15, 0.2) is 17.4 Å². The Morgan fingerprint density at radius 3 is 2.83 bits per heavy atom. The molecule has 4 aliphatic heterocycles. The number of anilines is 2. The van der Waals surface area contributed by atoms with Gasteiger partial charge in [0.2, 0.25) is 0 Å². The number of amides is 2. The predicted octanol–water partition coefficient (Wildman–Crippen LogP) is 1.45. The zero-order chi connectivity index (χ0) is 25.0. The van der Waals surface area contributed by atoms with E-state index < -0.39 is 0 Å². The van der Waals surface area contributed by atoms with Crippen LogP contribution < -0.4 is 25.6 Å². The number of hydrogen-bond donors (Lipinski definition) is 3. The first-order valence-corrected chi connectivity index (χ1v) is 13.2. The molecule has 0 aromatic carbocycles. The average molecular weight is 514 g/mol. The van der Waals surface area contributed by atoms with Crippen LogP contribution in [-0.4, -0.2) is 77.1 Å². The van der Waals surface area contributed by atoms with E-state index in [1.165, 1.54) is 11.8 Å². The number of pyridine rings is 1. The van der Waals surface area contributed by atoms with Crippen molar-refractivity contribution in [2.75, 3.05) is 42.6 Å². The summed E-state index contributed by atoms with van der Waals surface area (Å²) >= 11 is 1.41. The summed E-state index contributed by atoms with van der Waals surface area (Å²) in [6.45, 7) is 6.99. The number of rotatable bonds is 4. The van der Waals surface area contributed by atoms with Gasteiger partial charge in [0.05, 0.1) is 35.9 Å². The Kier molecular flexibility index (Phi) is 5.94. The van der Waals surface area contributed by atoms with E-state index in [9.17, 15) is 9.90 Å². The normalized spacial score (nSPS) is 26.6. The number of aryl methyl sites for hydroxylation is 1. The third-order valence-electron chi connectivity index (χ3n) is 7.91. The van der Waals surface area contributed by atoms with Gasteiger partial charge in [-0.2, -0.15) is 0 Å². The number of carbonyl (C=O) groups excluding carboxylic acids is 1. The first-order chi connectivity index (χ1) is 17.4. The number of piperidine rings is 1. The van der Waals surface area contributed by atoms with Crippen molar-refractivity contribution in [1.82, 2.24) is 20.3 Å². The number of urea groups is 1. The molecule has 3 fully saturated rings. The maximum atomic E-state index is 12.3. The Labute approximate surface area is 213 Å². The van der Waals surface area contributed by atoms with Crippen LogP contribution in [0, 0.1) is 12.3 Å². The van der Waals surface area contributed by atoms with Gasteiger partial charge in [-0.15, -0.1) is 0 Å². The van der Waals surface area contributed by atoms with Crippen molar-refractivity contribution in [3.63, 3.8) is 0 Å². The molecule has 12 heteroatoms. The smallest absolute Gasteiger partial charge is 0.323 e. The van der Waals surface area contributed by atoms with Crippen molar-refractivity contribution >= 4 is 29.4 Å². The summed E-state index contributed by atoms with van der Waals surface area (Å²) in [5, 5.41) is 13.7. The molecule has 192 valence electrons. The number of aliphatic hydroxyl groups is 1. The largest absolute Gasteiger partial charge is 0.486 e. The van der Waals surface area contributed by atoms with Crippen LogP contribution in [0.5, 0.6) is 5.75 Å². The molecule has 2 aromatic heterocycles. The van der Waals surface area contributed by atoms with E-state index in [-0.39, 0.29) is 36.2 Å². The third-order valence-corrected chi connectivity index (χ3v) is 9.03. The number of ether oxygens (including phenoxy) is 2. The molecular formula is C24H31N7O4S. The van der Waals surface area contributed by atoms with Crippen LogP contribution in [0.4, 0.5) is 16.4 Å². The molecule has 2 amide bonds. The molecule has 0 bridgehead atoms. The molecule has 0 saturated carbocycles. The summed E-state index contributed by atoms with van der Waals surface area (Å²) in [5.41, 5.74) is 7.80. The first-order valence-electron chi connectivity index (χ1n) is 12.4. The van der Waals surface area contributed by atoms with Gasteiger partial charge >= 0.3 is 6.03 Å². The molecule has 36 heavy (non-hydrogen) atoms. The average Bonchev–Trinajstić information content (AvgIpc) is 3.41. The molecule has 4 N–H and O–H groups in total. The molecule has 3 saturated heterocycles. The number of nitrogens with zero attached hydrogens (tertiary/aromatic N) is 5. The van der Waals surface area contributed by atoms with Crippen molar-refractivity contribution in [1.29, 1.82) is 0 Å². The number of fused-ring (bicyclic) bond motifs is 3. The maximum Gasteiger partial charge on any atom is 0.323 e. The zero-order valence-corrected chi connectivity index (χ0v) is 21.3. The van der Waals surface area contributed by atoms with Crippen molar-refractivity contribution in [3.8, 4) is 5.75 Å². The molecule has 0 radical (unpaired) electrons. The second-order valence-electron chi connectivity index (χ2n) is 10.0. The molecular weight excluding hydrogens is 482 g/mol. The lowest BCUT2D eigenvalue weighted by molar-refractivity contribution is 0.0973. The topological polar surface area (TPSA) is 139 Å². The number of aliphatic hydroxyl groups excluding tert-OH is 1. The zero-order valence-electron chi connectivity index (χ0n) is 20.4. The third kappa shape index (κ3) is 3.78. The summed E-state index contributed by atoms with van der Waals surface area (Å²) in [6, 6.07) is 1.67. The molecule has 3 atom stereocenters. The maximum absolute atomic E-state index is 12.3. The van der Waals surface area contributed by atoms with Gasteiger partial charge in [0.1, 0.15) is 17.3 Å². The van der Waals surface area contributed by atoms with Gasteiger partial charge in [-0.25, -0.2) is 19.7 Å². The number of hydrogen-bond acceptors (Lipinski definition) is 10. The molecule has 11 nitrogen and oxygen atoms in total. The summed E-state index contributed by atoms with van der Waals surface area (Å²) in [7, 11) is 0. The number of aromatic nitrogens is 3. The van der Waals surface area contributed by atoms with Gasteiger partial charge in [-0.05, 0) is 32.8 Å². The highest BCUT2D eigenvalue weighted by atomic mass is 32.2. The van der Waals surface area contributed by atoms with E-state index in [4.69, 9.17) is 25.2 Å². The van der Waals surface area contributed by atoms with Crippen LogP contribution in [0.3, 0.4) is 0 Å². The van der Waals surface area contributed by atoms with E-state index >= 15 is 0 Å². The molecule has 6 rings (SSSR count). The number of nitrogens with one attached hydrogen (secondary N) is 1. The monoisotopic (exact) mass is 513 g/mol. The lowest BCUT2D eigenvalue weighted by Crippen LogP contribution is -2.51. The minimum Gasteiger partial charge on any atom is -0.486 e. The SMILES string of the molecule is Cc1nc(N2CCC3(CC2)CO[C@@H](C)[C@H]3N)c(CO)nc1Sc1ccnc2c1OCC1CNC(=O)N21. The second kappa shape index (κ2) is 9.02. The van der Waals surface area contributed by atoms with Crippen molar-refractivity contribution in [2.24, 2.45) is 11.1 Å². The predicted molar refractivity (Wildman–Crippen MR) is 133 cm³/mol. The summed E-state index contributed by atoms with van der Waals surface area (Å²) in [6.07, 6.45) is 3.60. The van der Waals surface area contributed by atoms with Crippen LogP contribution in [0.25, 0.3) is 0 Å². The Balaban J connectivity index is 1.24. The fourth-order valence-electron chi connectivity index (χ4n) is 5.66. The Bertz CT molecular complexity index is 1190. The first kappa shape index (κ1) is 23.7. The van der Waals surface area contributed by atoms with Crippen LogP contribution in [-0.2, 0) is 11.3 Å². The van der Waals surface area contributed by atoms with E-state index in [0.29, 0.717) is 42.0 Å². The van der Waals surface area contributed by atoms with Crippen LogP contribution in [0.1, 0.15) is 31.2 Å². The summed E-state index contributed by atoms with van der Waals surface area (Å²) in [4.78, 5) is 31.1. The molecule has 6 heterocycles. The Morgan fingerprint density at radius 1 is 1.31 bits per heavy atom. The molecule has 1 spiro atoms. The van der Waals surface area contributed by atoms with Crippen LogP contribution in [0.2, 0.25) is 0 Å². The number of carbonyl (C=O) groups is 1. The van der Waals surface area contributed by atoms with Crippen molar-refractivity contribution in [2.45, 2.75) is 61.4 Å². The van der Waals surface area contributed by atoms with Gasteiger partial charge < -0.3 is 30.5 Å². The lowest BCUT2D eigenvalue weighted by Gasteiger charge is -2.42. The van der Waals surface area contributed by atoms with Crippen LogP contribution >= 0.6 is 11.8 Å². The number of nitrogens with two attached hydrogens (primary N) is 1. The molecule has 2 aromatic rings. The highest BCUT2D eigenvalue weighted by Gasteiger charge is 2.48. The fraction of sp³-hybridized carbons (Fsp3) is 0.583. The molecule has 0 aliphatic carbocycles. The second-order valence-corrected chi connectivity index (χ2v) is 11.0. The highest BCUT2D eigenvalue weighted by molar-refractivity contribution is 7.99. The minimum atomic E-state index is -0.210. The summed E-state index contributed by atoms with van der Waals surface area (Å²) in [5.74, 6) is 1.80. The quantitative estimate of drug-likeness (QED) is 0.550. The van der Waals surface area contributed by atoms with E-state index in [0.717, 1.165) is 42.3 Å². The van der Waals surface area contributed by atoms with Gasteiger partial charge in [0.25, 0.3) is 0 Å². The van der Waals surface area contributed by atoms with E-state index in [1.807, 2.05) is 19.9 Å².